The number of fused-ring (bicyclic) bond motifs is 3. The van der Waals surface area contributed by atoms with Crippen LogP contribution in [0.4, 0.5) is 0 Å². The Morgan fingerprint density at radius 1 is 1.38 bits per heavy atom. The standard InChI is InChI=1S/C11H6N4S/c12-6-7-5-10(13)15-8-3-1-2-4-9(8)16-11(15)14-7/h1-5,13H. The van der Waals surface area contributed by atoms with Crippen LogP contribution in [0.3, 0.4) is 0 Å². The topological polar surface area (TPSA) is 64.9 Å². The smallest absolute Gasteiger partial charge is 0.197 e. The summed E-state index contributed by atoms with van der Waals surface area (Å²) >= 11 is 1.49. The zero-order valence-electron chi connectivity index (χ0n) is 8.14. The van der Waals surface area contributed by atoms with E-state index >= 15 is 0 Å². The van der Waals surface area contributed by atoms with Crippen molar-refractivity contribution in [3.63, 3.8) is 0 Å². The summed E-state index contributed by atoms with van der Waals surface area (Å²) in [7, 11) is 0. The lowest BCUT2D eigenvalue weighted by atomic mass is 10.3. The Labute approximate surface area is 94.5 Å². The highest BCUT2D eigenvalue weighted by atomic mass is 32.1. The molecule has 0 spiro atoms. The largest absolute Gasteiger partial charge is 0.284 e. The lowest BCUT2D eigenvalue weighted by Gasteiger charge is -1.95. The first-order chi connectivity index (χ1) is 7.79. The molecule has 0 aliphatic carbocycles. The van der Waals surface area contributed by atoms with Crippen molar-refractivity contribution in [1.29, 1.82) is 10.7 Å². The minimum Gasteiger partial charge on any atom is -0.284 e. The van der Waals surface area contributed by atoms with E-state index in [1.165, 1.54) is 17.4 Å². The van der Waals surface area contributed by atoms with Gasteiger partial charge in [-0.25, -0.2) is 4.98 Å². The zero-order valence-corrected chi connectivity index (χ0v) is 8.95. The third kappa shape index (κ3) is 1.14. The van der Waals surface area contributed by atoms with Gasteiger partial charge in [0.2, 0.25) is 0 Å². The maximum atomic E-state index is 8.80. The molecule has 0 atom stereocenters. The normalized spacial score (nSPS) is 10.7. The second-order valence-electron chi connectivity index (χ2n) is 3.33. The number of hydrogen-bond acceptors (Lipinski definition) is 4. The molecular formula is C11H6N4S. The highest BCUT2D eigenvalue weighted by molar-refractivity contribution is 7.23. The summed E-state index contributed by atoms with van der Waals surface area (Å²) in [6.07, 6.45) is 0. The van der Waals surface area contributed by atoms with Crippen molar-refractivity contribution in [2.24, 2.45) is 0 Å². The molecular weight excluding hydrogens is 220 g/mol. The molecule has 0 bridgehead atoms. The van der Waals surface area contributed by atoms with E-state index in [1.807, 2.05) is 30.3 Å². The Kier molecular flexibility index (Phi) is 1.79. The Morgan fingerprint density at radius 2 is 2.19 bits per heavy atom. The molecule has 5 heteroatoms. The summed E-state index contributed by atoms with van der Waals surface area (Å²) in [6, 6.07) is 11.3. The van der Waals surface area contributed by atoms with Gasteiger partial charge in [-0.3, -0.25) is 9.81 Å². The van der Waals surface area contributed by atoms with Gasteiger partial charge >= 0.3 is 0 Å². The van der Waals surface area contributed by atoms with Crippen LogP contribution in [0.25, 0.3) is 15.2 Å². The van der Waals surface area contributed by atoms with E-state index in [0.29, 0.717) is 10.4 Å². The number of hydrogen-bond donors (Lipinski definition) is 1. The van der Waals surface area contributed by atoms with Crippen molar-refractivity contribution in [2.45, 2.75) is 0 Å². The van der Waals surface area contributed by atoms with Crippen molar-refractivity contribution in [3.8, 4) is 6.07 Å². The van der Waals surface area contributed by atoms with Crippen LogP contribution in [-0.4, -0.2) is 9.38 Å². The molecule has 1 N–H and O–H groups in total. The van der Waals surface area contributed by atoms with Crippen molar-refractivity contribution in [1.82, 2.24) is 9.38 Å². The second kappa shape index (κ2) is 3.15. The van der Waals surface area contributed by atoms with Gasteiger partial charge in [0.25, 0.3) is 0 Å². The molecule has 3 aromatic rings. The van der Waals surface area contributed by atoms with Crippen molar-refractivity contribution < 1.29 is 0 Å². The van der Waals surface area contributed by atoms with E-state index in [2.05, 4.69) is 4.98 Å². The van der Waals surface area contributed by atoms with E-state index in [0.717, 1.165) is 10.2 Å². The lowest BCUT2D eigenvalue weighted by molar-refractivity contribution is 1.01. The van der Waals surface area contributed by atoms with Gasteiger partial charge < -0.3 is 0 Å². The number of rotatable bonds is 0. The molecule has 0 fully saturated rings. The average Bonchev–Trinajstić information content (AvgIpc) is 2.67. The van der Waals surface area contributed by atoms with Gasteiger partial charge in [-0.15, -0.1) is 0 Å². The van der Waals surface area contributed by atoms with Crippen LogP contribution in [0.5, 0.6) is 0 Å². The summed E-state index contributed by atoms with van der Waals surface area (Å²) in [5, 5.41) is 16.7. The van der Waals surface area contributed by atoms with E-state index < -0.39 is 0 Å². The van der Waals surface area contributed by atoms with Crippen LogP contribution in [0, 0.1) is 16.7 Å². The molecule has 2 aromatic heterocycles. The van der Waals surface area contributed by atoms with E-state index in [-0.39, 0.29) is 5.69 Å². The van der Waals surface area contributed by atoms with Crippen molar-refractivity contribution in [3.05, 3.63) is 41.5 Å². The predicted octanol–water partition coefficient (Wildman–Crippen LogP) is 1.90. The summed E-state index contributed by atoms with van der Waals surface area (Å²) in [6.45, 7) is 0. The van der Waals surface area contributed by atoms with Crippen molar-refractivity contribution in [2.75, 3.05) is 0 Å². The Balaban J connectivity index is 2.62. The van der Waals surface area contributed by atoms with Gasteiger partial charge in [-0.2, -0.15) is 5.26 Å². The molecule has 0 saturated carbocycles. The molecule has 4 nitrogen and oxygen atoms in total. The first kappa shape index (κ1) is 9.07. The minimum absolute atomic E-state index is 0.288. The number of aromatic nitrogens is 2. The highest BCUT2D eigenvalue weighted by Gasteiger charge is 2.06. The average molecular weight is 226 g/mol. The summed E-state index contributed by atoms with van der Waals surface area (Å²) in [5.41, 5.74) is 1.54. The van der Waals surface area contributed by atoms with Crippen LogP contribution < -0.4 is 5.49 Å². The summed E-state index contributed by atoms with van der Waals surface area (Å²) in [5.74, 6) is 0. The third-order valence-electron chi connectivity index (χ3n) is 2.34. The first-order valence-electron chi connectivity index (χ1n) is 4.65. The third-order valence-corrected chi connectivity index (χ3v) is 3.37. The second-order valence-corrected chi connectivity index (χ2v) is 4.34. The quantitative estimate of drug-likeness (QED) is 0.636. The SMILES string of the molecule is N#Cc1cc(=N)n2c(n1)sc1ccccc12. The van der Waals surface area contributed by atoms with Gasteiger partial charge in [0.15, 0.2) is 4.96 Å². The molecule has 0 amide bonds. The molecule has 1 aromatic carbocycles. The number of thiazole rings is 1. The molecule has 2 heterocycles. The van der Waals surface area contributed by atoms with Crippen molar-refractivity contribution >= 4 is 26.5 Å². The molecule has 0 aliphatic heterocycles. The van der Waals surface area contributed by atoms with E-state index in [9.17, 15) is 0 Å². The van der Waals surface area contributed by atoms with Gasteiger partial charge in [0.05, 0.1) is 10.2 Å². The fourth-order valence-electron chi connectivity index (χ4n) is 1.67. The maximum absolute atomic E-state index is 8.80. The molecule has 16 heavy (non-hydrogen) atoms. The van der Waals surface area contributed by atoms with Gasteiger partial charge in [-0.1, -0.05) is 23.5 Å². The van der Waals surface area contributed by atoms with Crippen LogP contribution in [0.1, 0.15) is 5.69 Å². The number of nitrogens with one attached hydrogen (secondary N) is 1. The summed E-state index contributed by atoms with van der Waals surface area (Å²) < 4.78 is 2.82. The zero-order chi connectivity index (χ0) is 11.1. The molecule has 76 valence electrons. The predicted molar refractivity (Wildman–Crippen MR) is 61.1 cm³/mol. The minimum atomic E-state index is 0.288. The molecule has 0 saturated heterocycles. The fourth-order valence-corrected chi connectivity index (χ4v) is 2.71. The number of para-hydroxylation sites is 1. The fraction of sp³-hybridized carbons (Fsp3) is 0. The number of benzene rings is 1. The van der Waals surface area contributed by atoms with Crippen LogP contribution >= 0.6 is 11.3 Å². The number of nitriles is 1. The molecule has 0 aliphatic rings. The van der Waals surface area contributed by atoms with Crippen LogP contribution in [-0.2, 0) is 0 Å². The monoisotopic (exact) mass is 226 g/mol. The van der Waals surface area contributed by atoms with E-state index in [4.69, 9.17) is 10.7 Å². The van der Waals surface area contributed by atoms with Crippen LogP contribution in [0.15, 0.2) is 30.3 Å². The molecule has 0 radical (unpaired) electrons. The molecule has 0 unspecified atom stereocenters. The Hall–Kier alpha value is -2.19. The van der Waals surface area contributed by atoms with Gasteiger partial charge in [0, 0.05) is 6.07 Å². The van der Waals surface area contributed by atoms with E-state index in [1.54, 1.807) is 4.40 Å². The number of nitrogens with zero attached hydrogens (tertiary/aromatic N) is 3. The lowest BCUT2D eigenvalue weighted by Crippen LogP contribution is -2.12. The van der Waals surface area contributed by atoms with Gasteiger partial charge in [-0.05, 0) is 12.1 Å². The van der Waals surface area contributed by atoms with Crippen LogP contribution in [0.2, 0.25) is 0 Å². The highest BCUT2D eigenvalue weighted by Crippen LogP contribution is 2.23. The Bertz CT molecular complexity index is 791. The maximum Gasteiger partial charge on any atom is 0.197 e. The Morgan fingerprint density at radius 3 is 3.00 bits per heavy atom. The van der Waals surface area contributed by atoms with Gasteiger partial charge in [0.1, 0.15) is 17.3 Å². The first-order valence-corrected chi connectivity index (χ1v) is 5.47. The summed E-state index contributed by atoms with van der Waals surface area (Å²) in [4.78, 5) is 4.88. The molecule has 3 rings (SSSR count).